The van der Waals surface area contributed by atoms with E-state index >= 15 is 0 Å². The zero-order valence-electron chi connectivity index (χ0n) is 36.5. The SMILES string of the molecule is CCCCCC1CCC(c2cnc(-c3ccc(OC(=O)c4ccc(NC(=O)c5cc6nc7cc8c(cc7oc-6cc5=O)N(CC(CC)CCCC)CCC8)cc4)cc3)nc2)CC1. The monoisotopic (exact) mass is 833 g/mol. The fourth-order valence-electron chi connectivity index (χ4n) is 9.30. The van der Waals surface area contributed by atoms with Crippen LogP contribution in [0.25, 0.3) is 33.9 Å². The molecule has 62 heavy (non-hydrogen) atoms. The van der Waals surface area contributed by atoms with Gasteiger partial charge in [-0.3, -0.25) is 9.59 Å². The van der Waals surface area contributed by atoms with E-state index < -0.39 is 17.3 Å². The van der Waals surface area contributed by atoms with Crippen LogP contribution in [0.2, 0.25) is 0 Å². The van der Waals surface area contributed by atoms with Crippen LogP contribution in [0.4, 0.5) is 11.4 Å². The molecule has 4 aliphatic rings. The van der Waals surface area contributed by atoms with Crippen LogP contribution in [0.15, 0.2) is 94.4 Å². The number of carbonyl (C=O) groups is 2. The van der Waals surface area contributed by atoms with Crippen molar-refractivity contribution in [2.24, 2.45) is 11.8 Å². The molecule has 3 heterocycles. The zero-order chi connectivity index (χ0) is 43.0. The zero-order valence-corrected chi connectivity index (χ0v) is 36.5. The number of hydrogen-bond donors (Lipinski definition) is 1. The van der Waals surface area contributed by atoms with Crippen molar-refractivity contribution >= 4 is 34.4 Å². The van der Waals surface area contributed by atoms with Gasteiger partial charge in [-0.05, 0) is 134 Å². The average molecular weight is 834 g/mol. The van der Waals surface area contributed by atoms with Crippen LogP contribution in [0, 0.1) is 11.8 Å². The number of nitrogens with one attached hydrogen (secondary N) is 1. The van der Waals surface area contributed by atoms with Gasteiger partial charge in [-0.15, -0.1) is 0 Å². The lowest BCUT2D eigenvalue weighted by Crippen LogP contribution is -2.34. The van der Waals surface area contributed by atoms with Gasteiger partial charge in [0.05, 0.1) is 11.1 Å². The molecule has 10 heteroatoms. The highest BCUT2D eigenvalue weighted by atomic mass is 16.5. The van der Waals surface area contributed by atoms with Crippen molar-refractivity contribution in [2.75, 3.05) is 23.3 Å². The van der Waals surface area contributed by atoms with Gasteiger partial charge < -0.3 is 19.4 Å². The second kappa shape index (κ2) is 19.9. The van der Waals surface area contributed by atoms with Gasteiger partial charge in [-0.1, -0.05) is 65.7 Å². The predicted octanol–water partition coefficient (Wildman–Crippen LogP) is 12.0. The molecule has 1 unspecified atom stereocenters. The number of nitrogens with zero attached hydrogens (tertiary/aromatic N) is 4. The predicted molar refractivity (Wildman–Crippen MR) is 246 cm³/mol. The number of ether oxygens (including phenoxy) is 1. The Balaban J connectivity index is 0.869. The fourth-order valence-corrected chi connectivity index (χ4v) is 9.30. The Morgan fingerprint density at radius 1 is 0.887 bits per heavy atom. The molecule has 1 aromatic heterocycles. The lowest BCUT2D eigenvalue weighted by atomic mass is 9.77. The minimum Gasteiger partial charge on any atom is -0.453 e. The first-order chi connectivity index (χ1) is 30.3. The molecule has 8 rings (SSSR count). The van der Waals surface area contributed by atoms with E-state index in [0.29, 0.717) is 57.2 Å². The van der Waals surface area contributed by atoms with Gasteiger partial charge in [0.25, 0.3) is 5.91 Å². The quantitative estimate of drug-likeness (QED) is 0.0439. The molecule has 0 spiro atoms. The van der Waals surface area contributed by atoms with Crippen molar-refractivity contribution < 1.29 is 18.7 Å². The summed E-state index contributed by atoms with van der Waals surface area (Å²) in [4.78, 5) is 56.4. The van der Waals surface area contributed by atoms with E-state index in [2.05, 4.69) is 53.1 Å². The summed E-state index contributed by atoms with van der Waals surface area (Å²) in [5.41, 5.74) is 6.42. The highest BCUT2D eigenvalue weighted by Gasteiger charge is 2.25. The van der Waals surface area contributed by atoms with Crippen LogP contribution in [-0.2, 0) is 6.42 Å². The molecule has 1 N–H and O–H groups in total. The number of esters is 1. The molecule has 1 atom stereocenters. The Labute approximate surface area is 364 Å². The second-order valence-electron chi connectivity index (χ2n) is 17.4. The van der Waals surface area contributed by atoms with E-state index in [-0.39, 0.29) is 5.56 Å². The minimum atomic E-state index is -0.581. The van der Waals surface area contributed by atoms with Gasteiger partial charge >= 0.3 is 5.97 Å². The molecule has 10 nitrogen and oxygen atoms in total. The lowest BCUT2D eigenvalue weighted by Gasteiger charge is -2.34. The molecule has 322 valence electrons. The van der Waals surface area contributed by atoms with Crippen LogP contribution in [0.1, 0.15) is 142 Å². The standard InChI is InChI=1S/C52H59N5O5/c1-4-7-9-12-35-14-16-36(17-15-35)40-31-53-50(54-32-40)37-20-24-42(25-21-37)61-52(60)38-18-22-41(23-19-38)55-51(59)43-28-45-49(30-47(43)58)62-48-29-46-39(27-44(48)56-45)13-10-26-57(46)33-34(6-3)11-8-5-2/h18-25,27-32,34-36H,4-17,26,33H2,1-3H3,(H,55,59). The number of amides is 1. The highest BCUT2D eigenvalue weighted by Crippen LogP contribution is 2.38. The lowest BCUT2D eigenvalue weighted by molar-refractivity contribution is 0.0734. The second-order valence-corrected chi connectivity index (χ2v) is 17.4. The molecule has 1 amide bonds. The molecule has 0 radical (unpaired) electrons. The van der Waals surface area contributed by atoms with E-state index in [9.17, 15) is 14.4 Å². The third-order valence-corrected chi connectivity index (χ3v) is 13.1. The van der Waals surface area contributed by atoms with Crippen molar-refractivity contribution in [2.45, 2.75) is 117 Å². The van der Waals surface area contributed by atoms with Crippen molar-refractivity contribution in [3.05, 3.63) is 118 Å². The molecular weight excluding hydrogens is 775 g/mol. The van der Waals surface area contributed by atoms with Crippen molar-refractivity contribution in [1.82, 2.24) is 15.0 Å². The van der Waals surface area contributed by atoms with Gasteiger partial charge in [0, 0.05) is 54.6 Å². The normalized spacial score (nSPS) is 16.9. The summed E-state index contributed by atoms with van der Waals surface area (Å²) in [6.07, 6.45) is 21.1. The summed E-state index contributed by atoms with van der Waals surface area (Å²) in [5.74, 6) is 2.27. The number of unbranched alkanes of at least 4 members (excludes halogenated alkanes) is 3. The molecule has 4 aromatic rings. The average Bonchev–Trinajstić information content (AvgIpc) is 3.30. The topological polar surface area (TPSA) is 128 Å². The Morgan fingerprint density at radius 3 is 2.37 bits per heavy atom. The number of fused-ring (bicyclic) bond motifs is 3. The largest absolute Gasteiger partial charge is 0.453 e. The fraction of sp³-hybridized carbons (Fsp3) is 0.423. The summed E-state index contributed by atoms with van der Waals surface area (Å²) < 4.78 is 11.9. The van der Waals surface area contributed by atoms with Gasteiger partial charge in [0.15, 0.2) is 22.6 Å². The maximum atomic E-state index is 13.4. The van der Waals surface area contributed by atoms with Crippen LogP contribution >= 0.6 is 0 Å². The number of aromatic nitrogens is 3. The van der Waals surface area contributed by atoms with E-state index in [1.165, 1.54) is 99.6 Å². The molecule has 1 saturated carbocycles. The smallest absolute Gasteiger partial charge is 0.343 e. The molecule has 0 saturated heterocycles. The van der Waals surface area contributed by atoms with Gasteiger partial charge in [-0.2, -0.15) is 0 Å². The third-order valence-electron chi connectivity index (χ3n) is 13.1. The first-order valence-corrected chi connectivity index (χ1v) is 23.0. The van der Waals surface area contributed by atoms with Gasteiger partial charge in [0.2, 0.25) is 0 Å². The number of aryl methyl sites for hydroxylation is 1. The van der Waals surface area contributed by atoms with E-state index in [4.69, 9.17) is 14.1 Å². The summed E-state index contributed by atoms with van der Waals surface area (Å²) in [6, 6.07) is 20.5. The first-order valence-electron chi connectivity index (χ1n) is 23.0. The van der Waals surface area contributed by atoms with Crippen molar-refractivity contribution in [3.63, 3.8) is 0 Å². The number of carbonyl (C=O) groups excluding carboxylic acids is 2. The van der Waals surface area contributed by atoms with Crippen LogP contribution in [0.5, 0.6) is 5.75 Å². The maximum Gasteiger partial charge on any atom is 0.343 e. The minimum absolute atomic E-state index is 0.0509. The molecule has 2 aliphatic carbocycles. The van der Waals surface area contributed by atoms with Gasteiger partial charge in [-0.25, -0.2) is 19.7 Å². The Morgan fingerprint density at radius 2 is 1.65 bits per heavy atom. The van der Waals surface area contributed by atoms with Crippen LogP contribution in [0.3, 0.4) is 0 Å². The Bertz CT molecular complexity index is 2490. The molecule has 1 fully saturated rings. The first kappa shape index (κ1) is 42.8. The van der Waals surface area contributed by atoms with Crippen molar-refractivity contribution in [1.29, 1.82) is 0 Å². The summed E-state index contributed by atoms with van der Waals surface area (Å²) in [7, 11) is 0. The summed E-state index contributed by atoms with van der Waals surface area (Å²) in [6.45, 7) is 8.82. The number of hydrogen-bond acceptors (Lipinski definition) is 9. The van der Waals surface area contributed by atoms with Crippen LogP contribution < -0.4 is 20.4 Å². The summed E-state index contributed by atoms with van der Waals surface area (Å²) >= 11 is 0. The maximum absolute atomic E-state index is 13.4. The van der Waals surface area contributed by atoms with Gasteiger partial charge in [0.1, 0.15) is 17.0 Å². The molecule has 3 aromatic carbocycles. The number of rotatable bonds is 16. The van der Waals surface area contributed by atoms with E-state index in [1.807, 2.05) is 24.5 Å². The molecule has 0 bridgehead atoms. The molecular formula is C52H59N5O5. The van der Waals surface area contributed by atoms with E-state index in [1.54, 1.807) is 36.4 Å². The highest BCUT2D eigenvalue weighted by molar-refractivity contribution is 6.05. The van der Waals surface area contributed by atoms with Crippen molar-refractivity contribution in [3.8, 4) is 28.6 Å². The van der Waals surface area contributed by atoms with E-state index in [0.717, 1.165) is 43.8 Å². The summed E-state index contributed by atoms with van der Waals surface area (Å²) in [5, 5.41) is 2.78. The van der Waals surface area contributed by atoms with Crippen LogP contribution in [-0.4, -0.2) is 39.9 Å². The Kier molecular flexibility index (Phi) is 13.7. The third kappa shape index (κ3) is 10.1. The number of benzene rings is 4. The molecule has 2 aliphatic heterocycles. The Hall–Kier alpha value is -5.90. The number of anilines is 2.